The van der Waals surface area contributed by atoms with Gasteiger partial charge in [-0.25, -0.2) is 4.79 Å². The second kappa shape index (κ2) is 26.4. The summed E-state index contributed by atoms with van der Waals surface area (Å²) in [6, 6.07) is 11.9. The summed E-state index contributed by atoms with van der Waals surface area (Å²) in [7, 11) is 0. The standard InChI is InChI=1S/C40H63NO4/c1-3-5-7-9-11-13-14-15-16-17-18-19-21-23-31-41-34-36-27-30-38(33-39(36)42)45-40(43)35-25-28-37(29-26-35)44-32-24-22-20-12-10-8-6-4-2/h25-30,33-34,42H,3-24,31-32H2,1-2H3. The van der Waals surface area contributed by atoms with Crippen LogP contribution < -0.4 is 9.47 Å². The van der Waals surface area contributed by atoms with Gasteiger partial charge >= 0.3 is 5.97 Å². The Morgan fingerprint density at radius 3 is 1.60 bits per heavy atom. The number of benzene rings is 2. The number of hydrogen-bond donors (Lipinski definition) is 1. The zero-order valence-electron chi connectivity index (χ0n) is 28.7. The van der Waals surface area contributed by atoms with Gasteiger partial charge < -0.3 is 14.6 Å². The zero-order valence-corrected chi connectivity index (χ0v) is 28.7. The van der Waals surface area contributed by atoms with Gasteiger partial charge in [0.15, 0.2) is 0 Å². The van der Waals surface area contributed by atoms with Gasteiger partial charge in [-0.15, -0.1) is 0 Å². The fraction of sp³-hybridized carbons (Fsp3) is 0.650. The minimum absolute atomic E-state index is 0.0507. The molecule has 0 aliphatic rings. The molecule has 2 aromatic rings. The van der Waals surface area contributed by atoms with Crippen molar-refractivity contribution >= 4 is 12.2 Å². The maximum atomic E-state index is 12.6. The first-order chi connectivity index (χ1) is 22.1. The maximum absolute atomic E-state index is 12.6. The van der Waals surface area contributed by atoms with Crippen molar-refractivity contribution in [1.82, 2.24) is 0 Å². The van der Waals surface area contributed by atoms with Crippen LogP contribution in [0.25, 0.3) is 0 Å². The lowest BCUT2D eigenvalue weighted by molar-refractivity contribution is 0.0734. The molecule has 5 nitrogen and oxygen atoms in total. The molecule has 0 aliphatic carbocycles. The van der Waals surface area contributed by atoms with E-state index in [4.69, 9.17) is 9.47 Å². The van der Waals surface area contributed by atoms with E-state index in [2.05, 4.69) is 18.8 Å². The first-order valence-electron chi connectivity index (χ1n) is 18.4. The van der Waals surface area contributed by atoms with E-state index < -0.39 is 5.97 Å². The zero-order chi connectivity index (χ0) is 32.2. The molecule has 0 saturated heterocycles. The fourth-order valence-corrected chi connectivity index (χ4v) is 5.54. The monoisotopic (exact) mass is 621 g/mol. The Hall–Kier alpha value is -2.82. The molecule has 252 valence electrons. The van der Waals surface area contributed by atoms with Crippen LogP contribution in [-0.2, 0) is 0 Å². The van der Waals surface area contributed by atoms with Crippen molar-refractivity contribution in [2.24, 2.45) is 4.99 Å². The molecule has 0 aliphatic heterocycles. The summed E-state index contributed by atoms with van der Waals surface area (Å²) in [5.41, 5.74) is 1.06. The molecule has 1 N–H and O–H groups in total. The molecule has 0 spiro atoms. The largest absolute Gasteiger partial charge is 0.507 e. The Bertz CT molecular complexity index is 1030. The highest BCUT2D eigenvalue weighted by Gasteiger charge is 2.10. The average molecular weight is 622 g/mol. The van der Waals surface area contributed by atoms with Gasteiger partial charge in [0.05, 0.1) is 12.2 Å². The fourth-order valence-electron chi connectivity index (χ4n) is 5.54. The van der Waals surface area contributed by atoms with E-state index in [0.29, 0.717) is 23.5 Å². The molecular formula is C40H63NO4. The molecule has 5 heteroatoms. The maximum Gasteiger partial charge on any atom is 0.343 e. The van der Waals surface area contributed by atoms with E-state index in [9.17, 15) is 9.90 Å². The van der Waals surface area contributed by atoms with Gasteiger partial charge in [0, 0.05) is 24.4 Å². The number of rotatable bonds is 28. The van der Waals surface area contributed by atoms with Crippen molar-refractivity contribution in [2.45, 2.75) is 155 Å². The van der Waals surface area contributed by atoms with E-state index in [1.54, 1.807) is 42.6 Å². The molecule has 0 atom stereocenters. The van der Waals surface area contributed by atoms with Crippen LogP contribution in [0.5, 0.6) is 17.2 Å². The molecule has 45 heavy (non-hydrogen) atoms. The van der Waals surface area contributed by atoms with Crippen LogP contribution in [0.15, 0.2) is 47.5 Å². The highest BCUT2D eigenvalue weighted by molar-refractivity contribution is 5.91. The molecule has 0 heterocycles. The Morgan fingerprint density at radius 1 is 0.622 bits per heavy atom. The van der Waals surface area contributed by atoms with Gasteiger partial charge in [-0.1, -0.05) is 142 Å². The topological polar surface area (TPSA) is 68.1 Å². The number of carbonyl (C=O) groups excluding carboxylic acids is 1. The number of phenolic OH excluding ortho intramolecular Hbond substituents is 1. The smallest absolute Gasteiger partial charge is 0.343 e. The van der Waals surface area contributed by atoms with Gasteiger partial charge in [0.2, 0.25) is 0 Å². The van der Waals surface area contributed by atoms with E-state index in [1.807, 2.05) is 0 Å². The van der Waals surface area contributed by atoms with Crippen LogP contribution in [0.4, 0.5) is 0 Å². The van der Waals surface area contributed by atoms with Crippen molar-refractivity contribution in [2.75, 3.05) is 13.2 Å². The summed E-state index contributed by atoms with van der Waals surface area (Å²) < 4.78 is 11.3. The summed E-state index contributed by atoms with van der Waals surface area (Å²) in [6.07, 6.45) is 30.6. The van der Waals surface area contributed by atoms with Gasteiger partial charge in [-0.2, -0.15) is 0 Å². The third-order valence-corrected chi connectivity index (χ3v) is 8.44. The van der Waals surface area contributed by atoms with Crippen molar-refractivity contribution in [3.05, 3.63) is 53.6 Å². The Balaban J connectivity index is 1.55. The normalized spacial score (nSPS) is 11.3. The number of hydrogen-bond acceptors (Lipinski definition) is 5. The van der Waals surface area contributed by atoms with Crippen LogP contribution in [0.2, 0.25) is 0 Å². The first-order valence-corrected chi connectivity index (χ1v) is 18.4. The van der Waals surface area contributed by atoms with Gasteiger partial charge in [0.1, 0.15) is 17.2 Å². The summed E-state index contributed by atoms with van der Waals surface area (Å²) >= 11 is 0. The van der Waals surface area contributed by atoms with E-state index in [0.717, 1.165) is 25.1 Å². The number of unbranched alkanes of at least 4 members (excludes halogenated alkanes) is 20. The number of esters is 1. The number of aromatic hydroxyl groups is 1. The lowest BCUT2D eigenvalue weighted by Crippen LogP contribution is -2.08. The highest BCUT2D eigenvalue weighted by Crippen LogP contribution is 2.24. The van der Waals surface area contributed by atoms with E-state index >= 15 is 0 Å². The minimum atomic E-state index is -0.469. The number of ether oxygens (including phenoxy) is 2. The third-order valence-electron chi connectivity index (χ3n) is 8.44. The first kappa shape index (κ1) is 38.4. The second-order valence-corrected chi connectivity index (χ2v) is 12.6. The Kier molecular flexibility index (Phi) is 22.5. The molecule has 0 radical (unpaired) electrons. The van der Waals surface area contributed by atoms with Gasteiger partial charge in [-0.3, -0.25) is 4.99 Å². The van der Waals surface area contributed by atoms with Crippen LogP contribution in [0.1, 0.15) is 171 Å². The summed E-state index contributed by atoms with van der Waals surface area (Å²) in [6.45, 7) is 5.96. The van der Waals surface area contributed by atoms with Crippen LogP contribution in [-0.4, -0.2) is 30.4 Å². The lowest BCUT2D eigenvalue weighted by Gasteiger charge is -2.08. The number of phenols is 1. The van der Waals surface area contributed by atoms with E-state index in [-0.39, 0.29) is 5.75 Å². The molecular weight excluding hydrogens is 558 g/mol. The van der Waals surface area contributed by atoms with Gasteiger partial charge in [-0.05, 0) is 49.2 Å². The summed E-state index contributed by atoms with van der Waals surface area (Å²) in [5.74, 6) is 0.638. The molecule has 0 aromatic heterocycles. The number of nitrogens with zero attached hydrogens (tertiary/aromatic N) is 1. The van der Waals surface area contributed by atoms with Crippen molar-refractivity contribution < 1.29 is 19.4 Å². The van der Waals surface area contributed by atoms with E-state index in [1.165, 1.54) is 134 Å². The van der Waals surface area contributed by atoms with Crippen molar-refractivity contribution in [1.29, 1.82) is 0 Å². The van der Waals surface area contributed by atoms with Crippen molar-refractivity contribution in [3.63, 3.8) is 0 Å². The average Bonchev–Trinajstić information content (AvgIpc) is 3.05. The molecule has 0 unspecified atom stereocenters. The van der Waals surface area contributed by atoms with Crippen LogP contribution in [0.3, 0.4) is 0 Å². The molecule has 0 bridgehead atoms. The number of aliphatic imine (C=N–C) groups is 1. The number of carbonyl (C=O) groups is 1. The SMILES string of the molecule is CCCCCCCCCCCCCCCCN=Cc1ccc(OC(=O)c2ccc(OCCCCCCCCCC)cc2)cc1O. The lowest BCUT2D eigenvalue weighted by atomic mass is 10.0. The molecule has 2 aromatic carbocycles. The van der Waals surface area contributed by atoms with Gasteiger partial charge in [0.25, 0.3) is 0 Å². The minimum Gasteiger partial charge on any atom is -0.507 e. The molecule has 2 rings (SSSR count). The van der Waals surface area contributed by atoms with Crippen molar-refractivity contribution in [3.8, 4) is 17.2 Å². The molecule has 0 amide bonds. The Morgan fingerprint density at radius 2 is 1.09 bits per heavy atom. The molecule has 0 saturated carbocycles. The predicted molar refractivity (Wildman–Crippen MR) is 190 cm³/mol. The second-order valence-electron chi connectivity index (χ2n) is 12.6. The Labute approximate surface area is 275 Å². The summed E-state index contributed by atoms with van der Waals surface area (Å²) in [4.78, 5) is 17.1. The quantitative estimate of drug-likeness (QED) is 0.0444. The highest BCUT2D eigenvalue weighted by atomic mass is 16.5. The van der Waals surface area contributed by atoms with Crippen LogP contribution >= 0.6 is 0 Å². The molecule has 0 fully saturated rings. The summed E-state index contributed by atoms with van der Waals surface area (Å²) in [5, 5.41) is 10.4. The third kappa shape index (κ3) is 19.3. The van der Waals surface area contributed by atoms with Crippen LogP contribution in [0, 0.1) is 0 Å². The predicted octanol–water partition coefficient (Wildman–Crippen LogP) is 12.0.